The standard InChI is InChI=1S/C24H20N4O/c29-24(25-18-11-12-18)26-19-13-14-20-21(15-19)28-23(17-9-5-2-6-10-17)22(27-20)16-7-3-1-4-8-16/h1-10,13-15,18H,11-12H2,(H2,25,26,29). The average Bonchev–Trinajstić information content (AvgIpc) is 3.58. The second kappa shape index (κ2) is 7.36. The topological polar surface area (TPSA) is 66.9 Å². The van der Waals surface area contributed by atoms with Crippen LogP contribution in [0.2, 0.25) is 0 Å². The Balaban J connectivity index is 1.59. The number of hydrogen-bond donors (Lipinski definition) is 2. The zero-order valence-corrected chi connectivity index (χ0v) is 15.8. The first kappa shape index (κ1) is 17.4. The molecule has 0 radical (unpaired) electrons. The van der Waals surface area contributed by atoms with Crippen LogP contribution in [0.25, 0.3) is 33.5 Å². The third-order valence-corrected chi connectivity index (χ3v) is 4.93. The molecule has 1 heterocycles. The van der Waals surface area contributed by atoms with E-state index in [2.05, 4.69) is 10.6 Å². The number of amides is 2. The highest BCUT2D eigenvalue weighted by Gasteiger charge is 2.23. The molecule has 1 aliphatic carbocycles. The van der Waals surface area contributed by atoms with Gasteiger partial charge in [-0.15, -0.1) is 0 Å². The predicted molar refractivity (Wildman–Crippen MR) is 116 cm³/mol. The highest BCUT2D eigenvalue weighted by molar-refractivity contribution is 5.93. The summed E-state index contributed by atoms with van der Waals surface area (Å²) in [6.07, 6.45) is 2.11. The molecular formula is C24H20N4O. The lowest BCUT2D eigenvalue weighted by Crippen LogP contribution is -2.30. The lowest BCUT2D eigenvalue weighted by atomic mass is 10.0. The number of urea groups is 1. The maximum Gasteiger partial charge on any atom is 0.319 e. The zero-order valence-electron chi connectivity index (χ0n) is 15.8. The first-order chi connectivity index (χ1) is 14.3. The molecule has 0 aliphatic heterocycles. The van der Waals surface area contributed by atoms with Gasteiger partial charge in [0.15, 0.2) is 0 Å². The van der Waals surface area contributed by atoms with Crippen LogP contribution < -0.4 is 10.6 Å². The Bertz CT molecular complexity index is 1170. The van der Waals surface area contributed by atoms with E-state index in [0.717, 1.165) is 46.4 Å². The minimum absolute atomic E-state index is 0.177. The van der Waals surface area contributed by atoms with Crippen molar-refractivity contribution in [3.8, 4) is 22.5 Å². The summed E-state index contributed by atoms with van der Waals surface area (Å²) in [6.45, 7) is 0. The largest absolute Gasteiger partial charge is 0.335 e. The van der Waals surface area contributed by atoms with Gasteiger partial charge in [-0.3, -0.25) is 0 Å². The molecule has 142 valence electrons. The third-order valence-electron chi connectivity index (χ3n) is 4.93. The van der Waals surface area contributed by atoms with Crippen molar-refractivity contribution in [3.05, 3.63) is 78.9 Å². The van der Waals surface area contributed by atoms with Gasteiger partial charge in [0.1, 0.15) is 0 Å². The van der Waals surface area contributed by atoms with E-state index in [1.807, 2.05) is 78.9 Å². The van der Waals surface area contributed by atoms with Crippen LogP contribution >= 0.6 is 0 Å². The number of carbonyl (C=O) groups excluding carboxylic acids is 1. The number of fused-ring (bicyclic) bond motifs is 1. The van der Waals surface area contributed by atoms with Gasteiger partial charge in [-0.1, -0.05) is 60.7 Å². The van der Waals surface area contributed by atoms with Gasteiger partial charge in [0, 0.05) is 22.9 Å². The summed E-state index contributed by atoms with van der Waals surface area (Å²) < 4.78 is 0. The van der Waals surface area contributed by atoms with Crippen LogP contribution in [-0.4, -0.2) is 22.0 Å². The number of rotatable bonds is 4. The van der Waals surface area contributed by atoms with Crippen LogP contribution in [0.15, 0.2) is 78.9 Å². The normalized spacial score (nSPS) is 13.2. The zero-order chi connectivity index (χ0) is 19.6. The molecule has 2 N–H and O–H groups in total. The van der Waals surface area contributed by atoms with E-state index >= 15 is 0 Å². The lowest BCUT2D eigenvalue weighted by Gasteiger charge is -2.12. The van der Waals surface area contributed by atoms with Crippen LogP contribution in [0, 0.1) is 0 Å². The van der Waals surface area contributed by atoms with Crippen molar-refractivity contribution in [1.82, 2.24) is 15.3 Å². The average molecular weight is 380 g/mol. The van der Waals surface area contributed by atoms with Crippen molar-refractivity contribution < 1.29 is 4.79 Å². The molecule has 1 aliphatic rings. The van der Waals surface area contributed by atoms with Gasteiger partial charge in [-0.2, -0.15) is 0 Å². The molecule has 1 fully saturated rings. The molecule has 4 aromatic rings. The number of carbonyl (C=O) groups is 1. The highest BCUT2D eigenvalue weighted by Crippen LogP contribution is 2.31. The summed E-state index contributed by atoms with van der Waals surface area (Å²) in [5.41, 5.74) is 5.93. The molecule has 5 heteroatoms. The minimum atomic E-state index is -0.177. The first-order valence-corrected chi connectivity index (χ1v) is 9.76. The Hall–Kier alpha value is -3.73. The van der Waals surface area contributed by atoms with E-state index in [1.165, 1.54) is 0 Å². The van der Waals surface area contributed by atoms with E-state index in [1.54, 1.807) is 0 Å². The van der Waals surface area contributed by atoms with Crippen molar-refractivity contribution in [2.45, 2.75) is 18.9 Å². The van der Waals surface area contributed by atoms with Gasteiger partial charge in [-0.05, 0) is 31.0 Å². The van der Waals surface area contributed by atoms with Crippen LogP contribution in [0.1, 0.15) is 12.8 Å². The van der Waals surface area contributed by atoms with Crippen LogP contribution in [0.5, 0.6) is 0 Å². The van der Waals surface area contributed by atoms with Crippen molar-refractivity contribution in [1.29, 1.82) is 0 Å². The first-order valence-electron chi connectivity index (χ1n) is 9.76. The SMILES string of the molecule is O=C(Nc1ccc2nc(-c3ccccc3)c(-c3ccccc3)nc2c1)NC1CC1. The molecule has 0 bridgehead atoms. The smallest absolute Gasteiger partial charge is 0.319 e. The molecule has 0 spiro atoms. The maximum absolute atomic E-state index is 12.1. The molecule has 3 aromatic carbocycles. The predicted octanol–water partition coefficient (Wildman–Crippen LogP) is 5.25. The number of aromatic nitrogens is 2. The molecule has 0 unspecified atom stereocenters. The molecule has 29 heavy (non-hydrogen) atoms. The maximum atomic E-state index is 12.1. The molecular weight excluding hydrogens is 360 g/mol. The van der Waals surface area contributed by atoms with Crippen LogP contribution in [0.3, 0.4) is 0 Å². The van der Waals surface area contributed by atoms with Gasteiger partial charge in [0.2, 0.25) is 0 Å². The van der Waals surface area contributed by atoms with Crippen LogP contribution in [0.4, 0.5) is 10.5 Å². The van der Waals surface area contributed by atoms with Gasteiger partial charge in [0.25, 0.3) is 0 Å². The fourth-order valence-corrected chi connectivity index (χ4v) is 3.31. The van der Waals surface area contributed by atoms with E-state index in [9.17, 15) is 4.79 Å². The monoisotopic (exact) mass is 380 g/mol. The van der Waals surface area contributed by atoms with Crippen molar-refractivity contribution in [2.75, 3.05) is 5.32 Å². The van der Waals surface area contributed by atoms with Gasteiger partial charge < -0.3 is 10.6 Å². The summed E-state index contributed by atoms with van der Waals surface area (Å²) in [6, 6.07) is 25.9. The second-order valence-electron chi connectivity index (χ2n) is 7.23. The number of nitrogens with one attached hydrogen (secondary N) is 2. The summed E-state index contributed by atoms with van der Waals surface area (Å²) in [5.74, 6) is 0. The lowest BCUT2D eigenvalue weighted by molar-refractivity contribution is 0.251. The molecule has 5 nitrogen and oxygen atoms in total. The Morgan fingerprint density at radius 2 is 1.34 bits per heavy atom. The van der Waals surface area contributed by atoms with E-state index in [0.29, 0.717) is 11.7 Å². The molecule has 0 atom stereocenters. The number of nitrogens with zero attached hydrogens (tertiary/aromatic N) is 2. The van der Waals surface area contributed by atoms with Gasteiger partial charge in [-0.25, -0.2) is 14.8 Å². The molecule has 1 saturated carbocycles. The van der Waals surface area contributed by atoms with Gasteiger partial charge >= 0.3 is 6.03 Å². The number of hydrogen-bond acceptors (Lipinski definition) is 3. The van der Waals surface area contributed by atoms with Crippen molar-refractivity contribution in [2.24, 2.45) is 0 Å². The molecule has 1 aromatic heterocycles. The number of benzene rings is 3. The fourth-order valence-electron chi connectivity index (χ4n) is 3.31. The molecule has 2 amide bonds. The minimum Gasteiger partial charge on any atom is -0.335 e. The Kier molecular flexibility index (Phi) is 4.41. The van der Waals surface area contributed by atoms with Crippen molar-refractivity contribution >= 4 is 22.8 Å². The Morgan fingerprint density at radius 1 is 0.759 bits per heavy atom. The third kappa shape index (κ3) is 3.80. The summed E-state index contributed by atoms with van der Waals surface area (Å²) >= 11 is 0. The summed E-state index contributed by atoms with van der Waals surface area (Å²) in [5, 5.41) is 5.83. The summed E-state index contributed by atoms with van der Waals surface area (Å²) in [4.78, 5) is 21.9. The van der Waals surface area contributed by atoms with E-state index in [-0.39, 0.29) is 6.03 Å². The molecule has 0 saturated heterocycles. The Morgan fingerprint density at radius 3 is 1.93 bits per heavy atom. The highest BCUT2D eigenvalue weighted by atomic mass is 16.2. The van der Waals surface area contributed by atoms with Crippen molar-refractivity contribution in [3.63, 3.8) is 0 Å². The van der Waals surface area contributed by atoms with Crippen LogP contribution in [-0.2, 0) is 0 Å². The van der Waals surface area contributed by atoms with E-state index in [4.69, 9.17) is 9.97 Å². The second-order valence-corrected chi connectivity index (χ2v) is 7.23. The summed E-state index contributed by atoms with van der Waals surface area (Å²) in [7, 11) is 0. The quantitative estimate of drug-likeness (QED) is 0.508. The fraction of sp³-hybridized carbons (Fsp3) is 0.125. The Labute approximate surface area is 168 Å². The van der Waals surface area contributed by atoms with Gasteiger partial charge in [0.05, 0.1) is 22.4 Å². The molecule has 5 rings (SSSR count). The number of anilines is 1. The van der Waals surface area contributed by atoms with E-state index < -0.39 is 0 Å².